The molecule has 2 rings (SSSR count). The summed E-state index contributed by atoms with van der Waals surface area (Å²) in [4.78, 5) is 16.1. The number of hydrogen-bond acceptors (Lipinski definition) is 3. The summed E-state index contributed by atoms with van der Waals surface area (Å²) >= 11 is 0. The molecule has 0 aliphatic heterocycles. The van der Waals surface area contributed by atoms with Crippen molar-refractivity contribution in [1.82, 2.24) is 25.8 Å². The Morgan fingerprint density at radius 2 is 2.00 bits per heavy atom. The van der Waals surface area contributed by atoms with Crippen LogP contribution in [0.15, 0.2) is 30.6 Å². The molecule has 118 valence electrons. The second-order valence-corrected chi connectivity index (χ2v) is 5.51. The third kappa shape index (κ3) is 4.58. The van der Waals surface area contributed by atoms with Crippen molar-refractivity contribution in [3.05, 3.63) is 47.5 Å². The summed E-state index contributed by atoms with van der Waals surface area (Å²) < 4.78 is 0. The van der Waals surface area contributed by atoms with Gasteiger partial charge in [0.1, 0.15) is 12.2 Å². The van der Waals surface area contributed by atoms with Gasteiger partial charge in [-0.1, -0.05) is 36.8 Å². The smallest absolute Gasteiger partial charge is 0.315 e. The van der Waals surface area contributed by atoms with Gasteiger partial charge in [0, 0.05) is 6.04 Å². The molecule has 2 amide bonds. The van der Waals surface area contributed by atoms with Crippen LogP contribution >= 0.6 is 0 Å². The maximum absolute atomic E-state index is 12.1. The molecule has 0 spiro atoms. The number of amides is 2. The lowest BCUT2D eigenvalue weighted by atomic mass is 10.0. The molecule has 6 nitrogen and oxygen atoms in total. The van der Waals surface area contributed by atoms with Crippen molar-refractivity contribution < 1.29 is 4.79 Å². The predicted octanol–water partition coefficient (Wildman–Crippen LogP) is 2.49. The van der Waals surface area contributed by atoms with Gasteiger partial charge >= 0.3 is 6.03 Å². The van der Waals surface area contributed by atoms with E-state index in [1.165, 1.54) is 17.5 Å². The molecule has 3 N–H and O–H groups in total. The van der Waals surface area contributed by atoms with Crippen molar-refractivity contribution in [1.29, 1.82) is 0 Å². The molecule has 1 aromatic heterocycles. The Labute approximate surface area is 130 Å². The van der Waals surface area contributed by atoms with Crippen molar-refractivity contribution in [2.45, 2.75) is 45.7 Å². The predicted molar refractivity (Wildman–Crippen MR) is 85.4 cm³/mol. The number of urea groups is 1. The average molecular weight is 301 g/mol. The molecule has 1 aromatic carbocycles. The van der Waals surface area contributed by atoms with Crippen LogP contribution in [0.3, 0.4) is 0 Å². The Morgan fingerprint density at radius 3 is 2.59 bits per heavy atom. The molecule has 6 heteroatoms. The number of carbonyl (C=O) groups is 1. The fourth-order valence-electron chi connectivity index (χ4n) is 2.22. The van der Waals surface area contributed by atoms with Crippen LogP contribution in [0.25, 0.3) is 0 Å². The van der Waals surface area contributed by atoms with Gasteiger partial charge in [-0.3, -0.25) is 5.10 Å². The number of aromatic nitrogens is 3. The van der Waals surface area contributed by atoms with Crippen LogP contribution in [0.4, 0.5) is 4.79 Å². The zero-order chi connectivity index (χ0) is 15.9. The number of aryl methyl sites for hydroxylation is 1. The highest BCUT2D eigenvalue weighted by Gasteiger charge is 2.15. The van der Waals surface area contributed by atoms with Crippen LogP contribution in [0, 0.1) is 6.92 Å². The second-order valence-electron chi connectivity index (χ2n) is 5.51. The molecule has 2 atom stereocenters. The van der Waals surface area contributed by atoms with Crippen molar-refractivity contribution >= 4 is 6.03 Å². The normalized spacial score (nSPS) is 13.4. The zero-order valence-electron chi connectivity index (χ0n) is 13.3. The Kier molecular flexibility index (Phi) is 5.52. The van der Waals surface area contributed by atoms with E-state index in [9.17, 15) is 4.79 Å². The number of benzene rings is 1. The van der Waals surface area contributed by atoms with Gasteiger partial charge in [-0.2, -0.15) is 5.10 Å². The first kappa shape index (κ1) is 16.0. The number of carbonyl (C=O) groups excluding carboxylic acids is 1. The highest BCUT2D eigenvalue weighted by molar-refractivity contribution is 5.74. The highest BCUT2D eigenvalue weighted by Crippen LogP contribution is 2.09. The zero-order valence-corrected chi connectivity index (χ0v) is 13.3. The van der Waals surface area contributed by atoms with Gasteiger partial charge in [0.2, 0.25) is 0 Å². The van der Waals surface area contributed by atoms with Crippen molar-refractivity contribution in [2.75, 3.05) is 0 Å². The number of nitrogens with zero attached hydrogens (tertiary/aromatic N) is 2. The van der Waals surface area contributed by atoms with E-state index in [0.717, 1.165) is 12.8 Å². The van der Waals surface area contributed by atoms with Crippen molar-refractivity contribution in [2.24, 2.45) is 0 Å². The number of H-pyrrole nitrogens is 1. The summed E-state index contributed by atoms with van der Waals surface area (Å²) in [7, 11) is 0. The van der Waals surface area contributed by atoms with Crippen LogP contribution in [-0.4, -0.2) is 27.3 Å². The summed E-state index contributed by atoms with van der Waals surface area (Å²) in [6, 6.07) is 8.10. The van der Waals surface area contributed by atoms with Gasteiger partial charge in [0.05, 0.1) is 6.04 Å². The van der Waals surface area contributed by atoms with E-state index >= 15 is 0 Å². The largest absolute Gasteiger partial charge is 0.335 e. The molecule has 2 aromatic rings. The first-order chi connectivity index (χ1) is 10.6. The van der Waals surface area contributed by atoms with Crippen LogP contribution in [0.5, 0.6) is 0 Å². The topological polar surface area (TPSA) is 82.7 Å². The molecular weight excluding hydrogens is 278 g/mol. The fourth-order valence-corrected chi connectivity index (χ4v) is 2.22. The minimum atomic E-state index is -0.209. The molecule has 22 heavy (non-hydrogen) atoms. The second kappa shape index (κ2) is 7.59. The fraction of sp³-hybridized carbons (Fsp3) is 0.438. The first-order valence-electron chi connectivity index (χ1n) is 7.56. The van der Waals surface area contributed by atoms with Crippen LogP contribution < -0.4 is 10.6 Å². The Bertz CT molecular complexity index is 579. The maximum Gasteiger partial charge on any atom is 0.315 e. The van der Waals surface area contributed by atoms with Crippen LogP contribution in [-0.2, 0) is 6.42 Å². The molecule has 0 unspecified atom stereocenters. The van der Waals surface area contributed by atoms with E-state index in [1.807, 2.05) is 6.92 Å². The molecule has 0 aliphatic rings. The number of nitrogens with one attached hydrogen (secondary N) is 3. The third-order valence-electron chi connectivity index (χ3n) is 3.62. The lowest BCUT2D eigenvalue weighted by molar-refractivity contribution is 0.233. The van der Waals surface area contributed by atoms with E-state index in [-0.39, 0.29) is 18.1 Å². The van der Waals surface area contributed by atoms with E-state index in [0.29, 0.717) is 5.82 Å². The average Bonchev–Trinajstić information content (AvgIpc) is 3.03. The molecule has 1 heterocycles. The lowest BCUT2D eigenvalue weighted by Crippen LogP contribution is -2.43. The molecule has 0 saturated carbocycles. The Hall–Kier alpha value is -2.37. The minimum Gasteiger partial charge on any atom is -0.335 e. The van der Waals surface area contributed by atoms with E-state index in [4.69, 9.17) is 0 Å². The monoisotopic (exact) mass is 301 g/mol. The van der Waals surface area contributed by atoms with Gasteiger partial charge in [-0.25, -0.2) is 9.78 Å². The van der Waals surface area contributed by atoms with E-state index in [1.54, 1.807) is 0 Å². The molecule has 0 fully saturated rings. The van der Waals surface area contributed by atoms with Crippen molar-refractivity contribution in [3.63, 3.8) is 0 Å². The number of aromatic amines is 1. The highest BCUT2D eigenvalue weighted by atomic mass is 16.2. The molecule has 0 saturated heterocycles. The Morgan fingerprint density at radius 1 is 1.27 bits per heavy atom. The summed E-state index contributed by atoms with van der Waals surface area (Å²) in [6.07, 6.45) is 3.12. The standard InChI is InChI=1S/C16H23N5O/c1-4-14(9-13-7-5-11(2)6-8-13)20-16(22)19-12(3)15-17-10-18-21-15/h5-8,10,12,14H,4,9H2,1-3H3,(H,17,18,21)(H2,19,20,22)/t12-,14+/m1/s1. The van der Waals surface area contributed by atoms with Gasteiger partial charge < -0.3 is 10.6 Å². The van der Waals surface area contributed by atoms with Crippen LogP contribution in [0.1, 0.15) is 43.3 Å². The lowest BCUT2D eigenvalue weighted by Gasteiger charge is -2.19. The van der Waals surface area contributed by atoms with Gasteiger partial charge in [0.15, 0.2) is 0 Å². The summed E-state index contributed by atoms with van der Waals surface area (Å²) in [5.74, 6) is 0.640. The third-order valence-corrected chi connectivity index (χ3v) is 3.62. The molecule has 0 radical (unpaired) electrons. The van der Waals surface area contributed by atoms with E-state index < -0.39 is 0 Å². The summed E-state index contributed by atoms with van der Waals surface area (Å²) in [5.41, 5.74) is 2.46. The number of hydrogen-bond donors (Lipinski definition) is 3. The minimum absolute atomic E-state index is 0.102. The van der Waals surface area contributed by atoms with Crippen molar-refractivity contribution in [3.8, 4) is 0 Å². The molecular formula is C16H23N5O. The number of rotatable bonds is 6. The maximum atomic E-state index is 12.1. The first-order valence-corrected chi connectivity index (χ1v) is 7.56. The van der Waals surface area contributed by atoms with E-state index in [2.05, 4.69) is 63.9 Å². The van der Waals surface area contributed by atoms with Gasteiger partial charge in [0.25, 0.3) is 0 Å². The SMILES string of the molecule is CC[C@@H](Cc1ccc(C)cc1)NC(=O)N[C@H](C)c1ncn[nH]1. The van der Waals surface area contributed by atoms with Gasteiger partial charge in [-0.05, 0) is 32.3 Å². The van der Waals surface area contributed by atoms with Gasteiger partial charge in [-0.15, -0.1) is 0 Å². The summed E-state index contributed by atoms with van der Waals surface area (Å²) in [5, 5.41) is 12.4. The van der Waals surface area contributed by atoms with Crippen LogP contribution in [0.2, 0.25) is 0 Å². The molecule has 0 bridgehead atoms. The quantitative estimate of drug-likeness (QED) is 0.766. The Balaban J connectivity index is 1.86. The molecule has 0 aliphatic carbocycles. The summed E-state index contributed by atoms with van der Waals surface area (Å²) in [6.45, 7) is 6.00.